The van der Waals surface area contributed by atoms with Crippen molar-refractivity contribution in [2.45, 2.75) is 16.5 Å². The third-order valence-corrected chi connectivity index (χ3v) is 5.96. The second-order valence-corrected chi connectivity index (χ2v) is 7.80. The van der Waals surface area contributed by atoms with Crippen LogP contribution in [0.2, 0.25) is 0 Å². The topological polar surface area (TPSA) is 80.8 Å². The Morgan fingerprint density at radius 2 is 1.94 bits per heavy atom. The van der Waals surface area contributed by atoms with Crippen LogP contribution >= 0.6 is 11.8 Å². The SMILES string of the molecule is COc1ccc(OC)c(CNC(=O)CN2C(=O)c3cccnc3Sc3ccccc32)c1. The van der Waals surface area contributed by atoms with E-state index >= 15 is 0 Å². The molecular weight excluding hydrogens is 414 g/mol. The Bertz CT molecular complexity index is 1140. The predicted molar refractivity (Wildman–Crippen MR) is 118 cm³/mol. The third kappa shape index (κ3) is 4.34. The number of nitrogens with one attached hydrogen (secondary N) is 1. The zero-order valence-electron chi connectivity index (χ0n) is 17.1. The number of anilines is 1. The molecule has 1 aliphatic rings. The molecule has 2 heterocycles. The number of pyridine rings is 1. The van der Waals surface area contributed by atoms with Crippen molar-refractivity contribution in [1.82, 2.24) is 10.3 Å². The van der Waals surface area contributed by atoms with Gasteiger partial charge in [-0.25, -0.2) is 4.98 Å². The van der Waals surface area contributed by atoms with E-state index in [4.69, 9.17) is 9.47 Å². The third-order valence-electron chi connectivity index (χ3n) is 4.87. The number of hydrogen-bond donors (Lipinski definition) is 1. The fourth-order valence-electron chi connectivity index (χ4n) is 3.33. The normalized spacial score (nSPS) is 12.5. The Morgan fingerprint density at radius 1 is 1.10 bits per heavy atom. The van der Waals surface area contributed by atoms with E-state index in [1.165, 1.54) is 16.7 Å². The summed E-state index contributed by atoms with van der Waals surface area (Å²) in [6.45, 7) is 0.132. The van der Waals surface area contributed by atoms with E-state index in [0.717, 1.165) is 10.5 Å². The lowest BCUT2D eigenvalue weighted by molar-refractivity contribution is -0.119. The summed E-state index contributed by atoms with van der Waals surface area (Å²) in [6, 6.07) is 16.4. The molecule has 1 N–H and O–H groups in total. The number of rotatable bonds is 6. The van der Waals surface area contributed by atoms with Crippen LogP contribution in [0.3, 0.4) is 0 Å². The minimum atomic E-state index is -0.287. The van der Waals surface area contributed by atoms with E-state index in [-0.39, 0.29) is 24.9 Å². The number of ether oxygens (including phenoxy) is 2. The van der Waals surface area contributed by atoms with Crippen LogP contribution in [0.1, 0.15) is 15.9 Å². The lowest BCUT2D eigenvalue weighted by Crippen LogP contribution is -2.40. The predicted octanol–water partition coefficient (Wildman–Crippen LogP) is 3.53. The molecule has 3 aromatic rings. The Hall–Kier alpha value is -3.52. The van der Waals surface area contributed by atoms with Crippen molar-refractivity contribution in [3.8, 4) is 11.5 Å². The van der Waals surface area contributed by atoms with Crippen LogP contribution in [0.15, 0.2) is 70.7 Å². The monoisotopic (exact) mass is 435 g/mol. The lowest BCUT2D eigenvalue weighted by Gasteiger charge is -2.22. The molecule has 158 valence electrons. The number of nitrogens with zero attached hydrogens (tertiary/aromatic N) is 2. The highest BCUT2D eigenvalue weighted by Gasteiger charge is 2.29. The summed E-state index contributed by atoms with van der Waals surface area (Å²) in [4.78, 5) is 32.8. The molecule has 0 aliphatic carbocycles. The Morgan fingerprint density at radius 3 is 2.74 bits per heavy atom. The first-order chi connectivity index (χ1) is 15.1. The summed E-state index contributed by atoms with van der Waals surface area (Å²) in [5.74, 6) is 0.775. The molecule has 8 heteroatoms. The minimum absolute atomic E-state index is 0.114. The summed E-state index contributed by atoms with van der Waals surface area (Å²) < 4.78 is 10.6. The molecule has 1 aromatic heterocycles. The number of fused-ring (bicyclic) bond motifs is 2. The van der Waals surface area contributed by atoms with Gasteiger partial charge in [-0.15, -0.1) is 0 Å². The van der Waals surface area contributed by atoms with Crippen LogP contribution in [0.25, 0.3) is 0 Å². The second-order valence-electron chi connectivity index (χ2n) is 6.77. The molecule has 31 heavy (non-hydrogen) atoms. The first-order valence-electron chi connectivity index (χ1n) is 9.62. The number of methoxy groups -OCH3 is 2. The van der Waals surface area contributed by atoms with Gasteiger partial charge < -0.3 is 14.8 Å². The smallest absolute Gasteiger partial charge is 0.261 e. The number of hydrogen-bond acceptors (Lipinski definition) is 6. The highest BCUT2D eigenvalue weighted by molar-refractivity contribution is 7.99. The quantitative estimate of drug-likeness (QED) is 0.638. The molecule has 0 spiro atoms. The second kappa shape index (κ2) is 9.09. The van der Waals surface area contributed by atoms with Crippen LogP contribution in [0.4, 0.5) is 5.69 Å². The van der Waals surface area contributed by atoms with Crippen LogP contribution < -0.4 is 19.7 Å². The Labute approximate surface area is 184 Å². The van der Waals surface area contributed by atoms with E-state index in [1.54, 1.807) is 44.7 Å². The molecule has 2 aromatic carbocycles. The van der Waals surface area contributed by atoms with Crippen molar-refractivity contribution >= 4 is 29.3 Å². The van der Waals surface area contributed by atoms with Gasteiger partial charge in [0.15, 0.2) is 0 Å². The molecule has 4 rings (SSSR count). The zero-order valence-corrected chi connectivity index (χ0v) is 17.9. The fraction of sp³-hybridized carbons (Fsp3) is 0.174. The van der Waals surface area contributed by atoms with Crippen molar-refractivity contribution in [1.29, 1.82) is 0 Å². The van der Waals surface area contributed by atoms with Gasteiger partial charge in [0.05, 0.1) is 25.5 Å². The molecule has 0 saturated heterocycles. The van der Waals surface area contributed by atoms with Gasteiger partial charge in [0.25, 0.3) is 5.91 Å². The summed E-state index contributed by atoms with van der Waals surface area (Å²) in [5, 5.41) is 3.51. The van der Waals surface area contributed by atoms with Gasteiger partial charge in [0, 0.05) is 23.2 Å². The van der Waals surface area contributed by atoms with Gasteiger partial charge >= 0.3 is 0 Å². The maximum Gasteiger partial charge on any atom is 0.261 e. The van der Waals surface area contributed by atoms with Crippen molar-refractivity contribution in [2.75, 3.05) is 25.7 Å². The lowest BCUT2D eigenvalue weighted by atomic mass is 10.2. The largest absolute Gasteiger partial charge is 0.497 e. The average Bonchev–Trinajstić information content (AvgIpc) is 2.92. The highest BCUT2D eigenvalue weighted by Crippen LogP contribution is 2.39. The zero-order chi connectivity index (χ0) is 21.8. The van der Waals surface area contributed by atoms with Crippen molar-refractivity contribution in [3.05, 3.63) is 71.9 Å². The maximum absolute atomic E-state index is 13.2. The van der Waals surface area contributed by atoms with Crippen LogP contribution in [-0.4, -0.2) is 37.6 Å². The van der Waals surface area contributed by atoms with E-state index in [0.29, 0.717) is 27.8 Å². The van der Waals surface area contributed by atoms with E-state index in [9.17, 15) is 9.59 Å². The van der Waals surface area contributed by atoms with Gasteiger partial charge in [-0.05, 0) is 42.5 Å². The summed E-state index contributed by atoms with van der Waals surface area (Å²) in [7, 11) is 3.15. The van der Waals surface area contributed by atoms with E-state index in [1.807, 2.05) is 30.3 Å². The number of aromatic nitrogens is 1. The van der Waals surface area contributed by atoms with Gasteiger partial charge in [-0.1, -0.05) is 23.9 Å². The number of carbonyl (C=O) groups excluding carboxylic acids is 2. The Balaban J connectivity index is 1.56. The molecule has 0 fully saturated rings. The van der Waals surface area contributed by atoms with E-state index in [2.05, 4.69) is 10.3 Å². The number of para-hydroxylation sites is 1. The van der Waals surface area contributed by atoms with Gasteiger partial charge in [0.1, 0.15) is 23.1 Å². The minimum Gasteiger partial charge on any atom is -0.497 e. The number of amides is 2. The molecular formula is C23H21N3O4S. The summed E-state index contributed by atoms with van der Waals surface area (Å²) >= 11 is 1.42. The molecule has 7 nitrogen and oxygen atoms in total. The standard InChI is InChI=1S/C23H21N3O4S/c1-29-16-9-10-19(30-2)15(12-16)13-25-21(27)14-26-18-7-3-4-8-20(18)31-22-17(23(26)28)6-5-11-24-22/h3-12H,13-14H2,1-2H3,(H,25,27). The summed E-state index contributed by atoms with van der Waals surface area (Å²) in [6.07, 6.45) is 1.66. The van der Waals surface area contributed by atoms with Gasteiger partial charge in [-0.2, -0.15) is 0 Å². The van der Waals surface area contributed by atoms with Crippen LogP contribution in [0, 0.1) is 0 Å². The molecule has 0 saturated carbocycles. The molecule has 0 atom stereocenters. The van der Waals surface area contributed by atoms with Crippen molar-refractivity contribution in [3.63, 3.8) is 0 Å². The average molecular weight is 436 g/mol. The van der Waals surface area contributed by atoms with Gasteiger partial charge in [-0.3, -0.25) is 14.5 Å². The number of carbonyl (C=O) groups is 2. The first-order valence-corrected chi connectivity index (χ1v) is 10.4. The maximum atomic E-state index is 13.2. The molecule has 0 unspecified atom stereocenters. The van der Waals surface area contributed by atoms with Crippen molar-refractivity contribution < 1.29 is 19.1 Å². The Kier molecular flexibility index (Phi) is 6.08. The van der Waals surface area contributed by atoms with E-state index < -0.39 is 0 Å². The molecule has 0 bridgehead atoms. The number of benzene rings is 2. The molecule has 0 radical (unpaired) electrons. The summed E-state index contributed by atoms with van der Waals surface area (Å²) in [5.41, 5.74) is 1.94. The van der Waals surface area contributed by atoms with Crippen LogP contribution in [-0.2, 0) is 11.3 Å². The van der Waals surface area contributed by atoms with Crippen molar-refractivity contribution in [2.24, 2.45) is 0 Å². The first kappa shape index (κ1) is 20.7. The van der Waals surface area contributed by atoms with Crippen LogP contribution in [0.5, 0.6) is 11.5 Å². The molecule has 1 aliphatic heterocycles. The fourth-order valence-corrected chi connectivity index (χ4v) is 4.35. The van der Waals surface area contributed by atoms with Gasteiger partial charge in [0.2, 0.25) is 5.91 Å². The molecule has 2 amide bonds. The highest BCUT2D eigenvalue weighted by atomic mass is 32.2.